The summed E-state index contributed by atoms with van der Waals surface area (Å²) in [7, 11) is -3.41. The van der Waals surface area contributed by atoms with E-state index in [1.54, 1.807) is 31.2 Å². The number of benzene rings is 2. The molecule has 0 aliphatic heterocycles. The van der Waals surface area contributed by atoms with Crippen LogP contribution in [0.25, 0.3) is 0 Å². The van der Waals surface area contributed by atoms with Gasteiger partial charge in [0.05, 0.1) is 18.0 Å². The molecule has 6 nitrogen and oxygen atoms in total. The molecule has 0 spiro atoms. The number of sulfonamides is 1. The second kappa shape index (κ2) is 9.10. The minimum atomic E-state index is -3.41. The zero-order chi connectivity index (χ0) is 20.9. The van der Waals surface area contributed by atoms with Crippen molar-refractivity contribution in [1.29, 1.82) is 0 Å². The topological polar surface area (TPSA) is 84.5 Å². The molecule has 0 fully saturated rings. The molecule has 2 rings (SSSR count). The van der Waals surface area contributed by atoms with Gasteiger partial charge in [-0.25, -0.2) is 8.42 Å². The Labute approximate surface area is 167 Å². The molecule has 0 bridgehead atoms. The van der Waals surface area contributed by atoms with Crippen molar-refractivity contribution in [3.8, 4) is 5.75 Å². The van der Waals surface area contributed by atoms with Crippen LogP contribution >= 0.6 is 0 Å². The summed E-state index contributed by atoms with van der Waals surface area (Å²) in [4.78, 5) is 12.4. The highest BCUT2D eigenvalue weighted by Crippen LogP contribution is 2.25. The Morgan fingerprint density at radius 2 is 1.79 bits per heavy atom. The molecule has 0 heterocycles. The van der Waals surface area contributed by atoms with Gasteiger partial charge in [0.15, 0.2) is 6.61 Å². The van der Waals surface area contributed by atoms with Crippen LogP contribution in [0.4, 0.5) is 5.69 Å². The van der Waals surface area contributed by atoms with E-state index < -0.39 is 10.0 Å². The Bertz CT molecular complexity index is 939. The van der Waals surface area contributed by atoms with Gasteiger partial charge < -0.3 is 10.1 Å². The van der Waals surface area contributed by atoms with E-state index in [4.69, 9.17) is 4.74 Å². The molecule has 2 aromatic rings. The maximum Gasteiger partial charge on any atom is 0.258 e. The van der Waals surface area contributed by atoms with E-state index in [1.807, 2.05) is 19.1 Å². The lowest BCUT2D eigenvalue weighted by Crippen LogP contribution is -2.31. The monoisotopic (exact) mass is 404 g/mol. The van der Waals surface area contributed by atoms with Crippen molar-refractivity contribution < 1.29 is 17.9 Å². The van der Waals surface area contributed by atoms with Crippen LogP contribution in [0.15, 0.2) is 42.5 Å². The van der Waals surface area contributed by atoms with Crippen LogP contribution in [-0.2, 0) is 14.8 Å². The van der Waals surface area contributed by atoms with Crippen molar-refractivity contribution in [2.24, 2.45) is 0 Å². The van der Waals surface area contributed by atoms with E-state index >= 15 is 0 Å². The highest BCUT2D eigenvalue weighted by atomic mass is 32.2. The molecular formula is C21H28N2O4S. The number of amides is 1. The maximum atomic E-state index is 12.4. The second-order valence-corrected chi connectivity index (χ2v) is 8.97. The van der Waals surface area contributed by atoms with E-state index in [-0.39, 0.29) is 18.6 Å². The van der Waals surface area contributed by atoms with Gasteiger partial charge >= 0.3 is 0 Å². The van der Waals surface area contributed by atoms with Gasteiger partial charge in [-0.05, 0) is 48.6 Å². The van der Waals surface area contributed by atoms with E-state index in [2.05, 4.69) is 30.0 Å². The number of nitrogens with one attached hydrogen (secondary N) is 2. The van der Waals surface area contributed by atoms with Gasteiger partial charge in [-0.1, -0.05) is 44.2 Å². The van der Waals surface area contributed by atoms with Gasteiger partial charge in [0.25, 0.3) is 5.91 Å². The lowest BCUT2D eigenvalue weighted by Gasteiger charge is -2.19. The minimum absolute atomic E-state index is 0.117. The number of ether oxygens (including phenoxy) is 1. The van der Waals surface area contributed by atoms with Crippen LogP contribution in [0.2, 0.25) is 0 Å². The minimum Gasteiger partial charge on any atom is -0.483 e. The lowest BCUT2D eigenvalue weighted by molar-refractivity contribution is -0.123. The Morgan fingerprint density at radius 1 is 1.11 bits per heavy atom. The maximum absolute atomic E-state index is 12.4. The van der Waals surface area contributed by atoms with Crippen LogP contribution in [0.1, 0.15) is 49.4 Å². The van der Waals surface area contributed by atoms with Crippen molar-refractivity contribution in [3.05, 3.63) is 59.2 Å². The van der Waals surface area contributed by atoms with Crippen LogP contribution < -0.4 is 14.8 Å². The number of para-hydroxylation sites is 1. The molecule has 0 saturated carbocycles. The van der Waals surface area contributed by atoms with Crippen LogP contribution in [-0.4, -0.2) is 27.2 Å². The fraction of sp³-hybridized carbons (Fsp3) is 0.381. The van der Waals surface area contributed by atoms with E-state index in [1.165, 1.54) is 0 Å². The third-order valence-electron chi connectivity index (χ3n) is 4.34. The van der Waals surface area contributed by atoms with Crippen molar-refractivity contribution in [3.63, 3.8) is 0 Å². The molecular weight excluding hydrogens is 376 g/mol. The first-order valence-electron chi connectivity index (χ1n) is 9.16. The molecule has 1 atom stereocenters. The molecule has 1 unspecified atom stereocenters. The highest BCUT2D eigenvalue weighted by Gasteiger charge is 2.16. The molecule has 0 aliphatic rings. The number of aryl methyl sites for hydroxylation is 1. The second-order valence-electron chi connectivity index (χ2n) is 7.22. The molecule has 0 aliphatic carbocycles. The summed E-state index contributed by atoms with van der Waals surface area (Å²) < 4.78 is 31.3. The van der Waals surface area contributed by atoms with E-state index in [0.29, 0.717) is 22.9 Å². The summed E-state index contributed by atoms with van der Waals surface area (Å²) in [6.07, 6.45) is 1.09. The standard InChI is InChI=1S/C21H28N2O4S/c1-14(2)17-11-10-15(3)20(12-17)27-13-21(24)22-16(4)18-8-6-7-9-19(18)23-28(5,25)26/h6-12,14,16,23H,13H2,1-5H3,(H,22,24). The van der Waals surface area contributed by atoms with Gasteiger partial charge in [0.2, 0.25) is 10.0 Å². The Balaban J connectivity index is 2.03. The summed E-state index contributed by atoms with van der Waals surface area (Å²) in [5, 5.41) is 2.85. The predicted molar refractivity (Wildman–Crippen MR) is 112 cm³/mol. The molecule has 152 valence electrons. The average Bonchev–Trinajstić information content (AvgIpc) is 2.59. The zero-order valence-electron chi connectivity index (χ0n) is 16.9. The Kier molecular flexibility index (Phi) is 7.07. The van der Waals surface area contributed by atoms with Crippen LogP contribution in [0.3, 0.4) is 0 Å². The number of anilines is 1. The van der Waals surface area contributed by atoms with Gasteiger partial charge in [0, 0.05) is 0 Å². The van der Waals surface area contributed by atoms with E-state index in [0.717, 1.165) is 17.4 Å². The van der Waals surface area contributed by atoms with Gasteiger partial charge in [-0.3, -0.25) is 9.52 Å². The predicted octanol–water partition coefficient (Wildman–Crippen LogP) is 3.75. The summed E-state index contributed by atoms with van der Waals surface area (Å²) in [5.41, 5.74) is 3.24. The van der Waals surface area contributed by atoms with Gasteiger partial charge in [-0.2, -0.15) is 0 Å². The van der Waals surface area contributed by atoms with Crippen molar-refractivity contribution in [2.45, 2.75) is 39.7 Å². The first-order chi connectivity index (χ1) is 13.1. The fourth-order valence-electron chi connectivity index (χ4n) is 2.80. The number of rotatable bonds is 8. The summed E-state index contributed by atoms with van der Waals surface area (Å²) in [5.74, 6) is 0.778. The SMILES string of the molecule is Cc1ccc(C(C)C)cc1OCC(=O)NC(C)c1ccccc1NS(C)(=O)=O. The third kappa shape index (κ3) is 6.27. The van der Waals surface area contributed by atoms with Crippen molar-refractivity contribution in [2.75, 3.05) is 17.6 Å². The quantitative estimate of drug-likeness (QED) is 0.702. The first kappa shape index (κ1) is 21.8. The molecule has 28 heavy (non-hydrogen) atoms. The number of carbonyl (C=O) groups excluding carboxylic acids is 1. The van der Waals surface area contributed by atoms with Crippen LogP contribution in [0, 0.1) is 6.92 Å². The smallest absolute Gasteiger partial charge is 0.258 e. The highest BCUT2D eigenvalue weighted by molar-refractivity contribution is 7.92. The van der Waals surface area contributed by atoms with Crippen LogP contribution in [0.5, 0.6) is 5.75 Å². The molecule has 1 amide bonds. The Morgan fingerprint density at radius 3 is 2.43 bits per heavy atom. The van der Waals surface area contributed by atoms with Gasteiger partial charge in [0.1, 0.15) is 5.75 Å². The first-order valence-corrected chi connectivity index (χ1v) is 11.1. The molecule has 0 saturated heterocycles. The number of hydrogen-bond donors (Lipinski definition) is 2. The molecule has 0 aromatic heterocycles. The summed E-state index contributed by atoms with van der Waals surface area (Å²) in [6.45, 7) is 7.82. The Hall–Kier alpha value is -2.54. The molecule has 2 N–H and O–H groups in total. The van der Waals surface area contributed by atoms with Gasteiger partial charge in [-0.15, -0.1) is 0 Å². The van der Waals surface area contributed by atoms with Crippen molar-refractivity contribution in [1.82, 2.24) is 5.32 Å². The summed E-state index contributed by atoms with van der Waals surface area (Å²) in [6, 6.07) is 12.6. The molecule has 7 heteroatoms. The molecule has 2 aromatic carbocycles. The number of hydrogen-bond acceptors (Lipinski definition) is 4. The molecule has 0 radical (unpaired) electrons. The lowest BCUT2D eigenvalue weighted by atomic mass is 10.0. The van der Waals surface area contributed by atoms with Crippen molar-refractivity contribution >= 4 is 21.6 Å². The average molecular weight is 405 g/mol. The largest absolute Gasteiger partial charge is 0.483 e. The normalized spacial score (nSPS) is 12.5. The zero-order valence-corrected chi connectivity index (χ0v) is 17.8. The third-order valence-corrected chi connectivity index (χ3v) is 4.93. The fourth-order valence-corrected chi connectivity index (χ4v) is 3.39. The van der Waals surface area contributed by atoms with E-state index in [9.17, 15) is 13.2 Å². The number of carbonyl (C=O) groups is 1. The summed E-state index contributed by atoms with van der Waals surface area (Å²) >= 11 is 0.